The molecular weight excluding hydrogens is 394 g/mol. The van der Waals surface area contributed by atoms with Crippen LogP contribution in [0.25, 0.3) is 32.2 Å². The van der Waals surface area contributed by atoms with Gasteiger partial charge in [0.25, 0.3) is 5.91 Å². The number of carbonyl (C=O) groups excluding carboxylic acids is 1. The number of nitrogens with one attached hydrogen (secondary N) is 2. The molecule has 2 aliphatic heterocycles. The maximum absolute atomic E-state index is 12.6. The molecule has 4 aromatic rings. The monoisotopic (exact) mass is 415 g/mol. The van der Waals surface area contributed by atoms with Crippen LogP contribution in [0.2, 0.25) is 0 Å². The number of ether oxygens (including phenoxy) is 1. The summed E-state index contributed by atoms with van der Waals surface area (Å²) in [6.07, 6.45) is 0. The summed E-state index contributed by atoms with van der Waals surface area (Å²) in [5, 5.41) is 8.32. The first-order valence-electron chi connectivity index (χ1n) is 10.3. The van der Waals surface area contributed by atoms with E-state index in [1.165, 1.54) is 16.9 Å². The number of benzene rings is 2. The molecule has 1 atom stereocenters. The van der Waals surface area contributed by atoms with Crippen LogP contribution in [-0.4, -0.2) is 36.6 Å². The van der Waals surface area contributed by atoms with Gasteiger partial charge in [0.15, 0.2) is 5.75 Å². The number of hydrogen-bond donors (Lipinski definition) is 2. The predicted octanol–water partition coefficient (Wildman–Crippen LogP) is 4.31. The van der Waals surface area contributed by atoms with Crippen LogP contribution in [-0.2, 0) is 0 Å². The lowest BCUT2D eigenvalue weighted by Crippen LogP contribution is -2.39. The van der Waals surface area contributed by atoms with E-state index in [9.17, 15) is 4.79 Å². The molecule has 2 aromatic heterocycles. The summed E-state index contributed by atoms with van der Waals surface area (Å²) >= 11 is 1.48. The van der Waals surface area contributed by atoms with Gasteiger partial charge < -0.3 is 15.4 Å². The van der Waals surface area contributed by atoms with Crippen LogP contribution in [0.3, 0.4) is 0 Å². The van der Waals surface area contributed by atoms with E-state index in [4.69, 9.17) is 9.72 Å². The minimum Gasteiger partial charge on any atom is -0.489 e. The molecule has 2 aliphatic rings. The number of amides is 1. The fourth-order valence-electron chi connectivity index (χ4n) is 4.21. The number of rotatable bonds is 2. The molecule has 1 fully saturated rings. The van der Waals surface area contributed by atoms with Crippen molar-refractivity contribution in [1.82, 2.24) is 15.6 Å². The maximum Gasteiger partial charge on any atom is 0.265 e. The molecule has 2 N–H and O–H groups in total. The van der Waals surface area contributed by atoms with Crippen molar-refractivity contribution in [2.75, 3.05) is 19.7 Å². The van der Waals surface area contributed by atoms with Gasteiger partial charge in [-0.05, 0) is 36.8 Å². The Morgan fingerprint density at radius 3 is 2.67 bits per heavy atom. The van der Waals surface area contributed by atoms with Crippen LogP contribution in [0.15, 0.2) is 48.5 Å². The van der Waals surface area contributed by atoms with E-state index in [1.54, 1.807) is 0 Å². The Morgan fingerprint density at radius 1 is 1.07 bits per heavy atom. The Bertz CT molecular complexity index is 1290. The second-order valence-corrected chi connectivity index (χ2v) is 9.18. The zero-order valence-electron chi connectivity index (χ0n) is 16.6. The Hall–Kier alpha value is -2.96. The first-order chi connectivity index (χ1) is 14.7. The van der Waals surface area contributed by atoms with Gasteiger partial charge in [0.05, 0.1) is 17.3 Å². The van der Waals surface area contributed by atoms with Crippen LogP contribution >= 0.6 is 11.3 Å². The lowest BCUT2D eigenvalue weighted by molar-refractivity contribution is 0.0946. The van der Waals surface area contributed by atoms with E-state index in [0.717, 1.165) is 45.3 Å². The van der Waals surface area contributed by atoms with Crippen LogP contribution in [0.5, 0.6) is 5.75 Å². The van der Waals surface area contributed by atoms with Gasteiger partial charge in [-0.2, -0.15) is 0 Å². The zero-order valence-corrected chi connectivity index (χ0v) is 17.4. The highest BCUT2D eigenvalue weighted by molar-refractivity contribution is 7.21. The molecule has 0 saturated carbocycles. The number of fused-ring (bicyclic) bond motifs is 5. The minimum absolute atomic E-state index is 0.00876. The van der Waals surface area contributed by atoms with Crippen molar-refractivity contribution in [3.8, 4) is 17.0 Å². The lowest BCUT2D eigenvalue weighted by Gasteiger charge is -2.27. The number of carbonyl (C=O) groups is 1. The van der Waals surface area contributed by atoms with Gasteiger partial charge in [0.1, 0.15) is 11.5 Å². The second kappa shape index (κ2) is 6.79. The first-order valence-corrected chi connectivity index (χ1v) is 11.1. The number of aromatic nitrogens is 1. The van der Waals surface area contributed by atoms with E-state index >= 15 is 0 Å². The lowest BCUT2D eigenvalue weighted by atomic mass is 9.93. The largest absolute Gasteiger partial charge is 0.489 e. The van der Waals surface area contributed by atoms with Crippen molar-refractivity contribution >= 4 is 38.2 Å². The molecule has 6 rings (SSSR count). The quantitative estimate of drug-likeness (QED) is 0.512. The minimum atomic E-state index is -0.0596. The van der Waals surface area contributed by atoms with Crippen LogP contribution < -0.4 is 15.4 Å². The standard InChI is InChI=1S/C24H21N3O2S/c1-13-12-29-22-21-17-6-7-18(15-4-2-14(3-5-15)16-10-25-11-16)27-19(17)8-9-20(21)30-23(22)24(28)26-13/h2-9,13,16,25H,10-12H2,1H3,(H,26,28)/t13-/m1/s1. The van der Waals surface area contributed by atoms with Crippen LogP contribution in [0.4, 0.5) is 0 Å². The van der Waals surface area contributed by atoms with Crippen LogP contribution in [0, 0.1) is 0 Å². The normalized spacial score (nSPS) is 19.1. The summed E-state index contributed by atoms with van der Waals surface area (Å²) in [7, 11) is 0. The molecule has 0 spiro atoms. The molecule has 150 valence electrons. The van der Waals surface area contributed by atoms with E-state index in [0.29, 0.717) is 23.2 Å². The molecule has 2 aromatic carbocycles. The SMILES string of the molecule is C[C@@H]1COc2c(sc3ccc4nc(-c5ccc(C6CNC6)cc5)ccc4c23)C(=O)N1. The highest BCUT2D eigenvalue weighted by atomic mass is 32.1. The fourth-order valence-corrected chi connectivity index (χ4v) is 5.28. The number of hydrogen-bond acceptors (Lipinski definition) is 5. The molecule has 5 nitrogen and oxygen atoms in total. The van der Waals surface area contributed by atoms with Crippen molar-refractivity contribution in [2.45, 2.75) is 18.9 Å². The highest BCUT2D eigenvalue weighted by Gasteiger charge is 2.26. The van der Waals surface area contributed by atoms with Crippen molar-refractivity contribution in [3.63, 3.8) is 0 Å². The van der Waals surface area contributed by atoms with Crippen molar-refractivity contribution in [3.05, 3.63) is 59.0 Å². The maximum atomic E-state index is 12.6. The van der Waals surface area contributed by atoms with E-state index < -0.39 is 0 Å². The molecule has 1 saturated heterocycles. The van der Waals surface area contributed by atoms with Gasteiger partial charge >= 0.3 is 0 Å². The molecule has 0 aliphatic carbocycles. The molecule has 0 bridgehead atoms. The number of nitrogens with zero attached hydrogens (tertiary/aromatic N) is 1. The zero-order chi connectivity index (χ0) is 20.2. The van der Waals surface area contributed by atoms with Crippen molar-refractivity contribution in [1.29, 1.82) is 0 Å². The number of thiophene rings is 1. The highest BCUT2D eigenvalue weighted by Crippen LogP contribution is 2.43. The average Bonchev–Trinajstić information content (AvgIpc) is 3.04. The Balaban J connectivity index is 1.44. The second-order valence-electron chi connectivity index (χ2n) is 8.12. The van der Waals surface area contributed by atoms with Gasteiger partial charge in [-0.15, -0.1) is 11.3 Å². The van der Waals surface area contributed by atoms with Gasteiger partial charge in [-0.3, -0.25) is 4.79 Å². The summed E-state index contributed by atoms with van der Waals surface area (Å²) in [4.78, 5) is 18.1. The Kier molecular flexibility index (Phi) is 4.04. The molecular formula is C24H21N3O2S. The predicted molar refractivity (Wildman–Crippen MR) is 121 cm³/mol. The van der Waals surface area contributed by atoms with E-state index in [-0.39, 0.29) is 11.9 Å². The molecule has 30 heavy (non-hydrogen) atoms. The third-order valence-electron chi connectivity index (χ3n) is 6.00. The van der Waals surface area contributed by atoms with Crippen LogP contribution in [0.1, 0.15) is 28.1 Å². The van der Waals surface area contributed by atoms with Gasteiger partial charge in [-0.25, -0.2) is 4.98 Å². The summed E-state index contributed by atoms with van der Waals surface area (Å²) in [5.41, 5.74) is 4.36. The summed E-state index contributed by atoms with van der Waals surface area (Å²) in [6.45, 7) is 4.55. The smallest absolute Gasteiger partial charge is 0.265 e. The first kappa shape index (κ1) is 17.9. The summed E-state index contributed by atoms with van der Waals surface area (Å²) in [5.74, 6) is 1.26. The molecule has 0 unspecified atom stereocenters. The molecule has 6 heteroatoms. The average molecular weight is 416 g/mol. The van der Waals surface area contributed by atoms with Crippen molar-refractivity contribution in [2.24, 2.45) is 0 Å². The van der Waals surface area contributed by atoms with Gasteiger partial charge in [0, 0.05) is 40.0 Å². The molecule has 0 radical (unpaired) electrons. The van der Waals surface area contributed by atoms with Crippen molar-refractivity contribution < 1.29 is 9.53 Å². The molecule has 4 heterocycles. The summed E-state index contributed by atoms with van der Waals surface area (Å²) in [6, 6.07) is 17.0. The Morgan fingerprint density at radius 2 is 1.90 bits per heavy atom. The van der Waals surface area contributed by atoms with E-state index in [2.05, 4.69) is 47.0 Å². The van der Waals surface area contributed by atoms with E-state index in [1.807, 2.05) is 19.1 Å². The summed E-state index contributed by atoms with van der Waals surface area (Å²) < 4.78 is 7.10. The number of pyridine rings is 1. The third kappa shape index (κ3) is 2.79. The molecule has 1 amide bonds. The Labute approximate surface area is 178 Å². The van der Waals surface area contributed by atoms with Gasteiger partial charge in [-0.1, -0.05) is 24.3 Å². The third-order valence-corrected chi connectivity index (χ3v) is 7.13. The topological polar surface area (TPSA) is 63.2 Å². The van der Waals surface area contributed by atoms with Gasteiger partial charge in [0.2, 0.25) is 0 Å². The fraction of sp³-hybridized carbons (Fsp3) is 0.250.